The lowest BCUT2D eigenvalue weighted by Crippen LogP contribution is -2.45. The van der Waals surface area contributed by atoms with Gasteiger partial charge in [-0.25, -0.2) is 9.37 Å². The number of hydrogen-bond acceptors (Lipinski definition) is 5. The molecule has 3 heterocycles. The molecule has 162 valence electrons. The lowest BCUT2D eigenvalue weighted by molar-refractivity contribution is -0.137. The van der Waals surface area contributed by atoms with Gasteiger partial charge in [0.2, 0.25) is 0 Å². The molecular formula is C20H18F4N6O. The van der Waals surface area contributed by atoms with Gasteiger partial charge in [0.1, 0.15) is 11.6 Å². The largest absolute Gasteiger partial charge is 0.417 e. The summed E-state index contributed by atoms with van der Waals surface area (Å²) in [7, 11) is 0. The number of benzene rings is 1. The van der Waals surface area contributed by atoms with Gasteiger partial charge in [-0.2, -0.15) is 28.2 Å². The van der Waals surface area contributed by atoms with E-state index in [0.29, 0.717) is 37.4 Å². The van der Waals surface area contributed by atoms with E-state index in [1.54, 1.807) is 4.90 Å². The summed E-state index contributed by atoms with van der Waals surface area (Å²) < 4.78 is 52.0. The molecule has 3 aromatic rings. The summed E-state index contributed by atoms with van der Waals surface area (Å²) in [6.45, 7) is 0.768. The Hall–Kier alpha value is -3.50. The maximum Gasteiger partial charge on any atom is 0.417 e. The number of nitrogens with one attached hydrogen (secondary N) is 1. The Labute approximate surface area is 174 Å². The Balaban J connectivity index is 1.49. The van der Waals surface area contributed by atoms with Gasteiger partial charge in [-0.1, -0.05) is 0 Å². The van der Waals surface area contributed by atoms with Crippen LogP contribution in [-0.4, -0.2) is 49.9 Å². The SMILES string of the molecule is O=C(c1cc(F)ccc1-n1nccn1)N1CCCC(Nc2ccc(C(F)(F)F)cn2)C1. The van der Waals surface area contributed by atoms with Gasteiger partial charge in [0.05, 0.1) is 29.2 Å². The van der Waals surface area contributed by atoms with Crippen LogP contribution in [0.1, 0.15) is 28.8 Å². The molecule has 0 saturated carbocycles. The van der Waals surface area contributed by atoms with E-state index >= 15 is 0 Å². The Morgan fingerprint density at radius 2 is 1.90 bits per heavy atom. The third-order valence-corrected chi connectivity index (χ3v) is 4.97. The first kappa shape index (κ1) is 20.8. The number of hydrogen-bond donors (Lipinski definition) is 1. The summed E-state index contributed by atoms with van der Waals surface area (Å²) >= 11 is 0. The summed E-state index contributed by atoms with van der Waals surface area (Å²) in [6.07, 6.45) is 0.610. The molecule has 1 N–H and O–H groups in total. The van der Waals surface area contributed by atoms with E-state index < -0.39 is 17.6 Å². The first-order chi connectivity index (χ1) is 14.8. The maximum absolute atomic E-state index is 13.9. The molecule has 1 amide bonds. The van der Waals surface area contributed by atoms with Crippen LogP contribution in [0.2, 0.25) is 0 Å². The van der Waals surface area contributed by atoms with Gasteiger partial charge < -0.3 is 10.2 Å². The second-order valence-electron chi connectivity index (χ2n) is 7.14. The zero-order chi connectivity index (χ0) is 22.0. The fraction of sp³-hybridized carbons (Fsp3) is 0.300. The third-order valence-electron chi connectivity index (χ3n) is 4.97. The predicted octanol–water partition coefficient (Wildman–Crippen LogP) is 3.54. The monoisotopic (exact) mass is 434 g/mol. The normalized spacial score (nSPS) is 16.9. The van der Waals surface area contributed by atoms with E-state index in [1.807, 2.05) is 0 Å². The summed E-state index contributed by atoms with van der Waals surface area (Å²) in [5.74, 6) is -0.641. The second kappa shape index (κ2) is 8.32. The molecule has 1 aromatic carbocycles. The van der Waals surface area contributed by atoms with Crippen LogP contribution in [0.5, 0.6) is 0 Å². The standard InChI is InChI=1S/C20H18F4N6O/c21-14-4-5-17(30-26-7-8-27-30)16(10-14)19(31)29-9-1-2-15(12-29)28-18-6-3-13(11-25-18)20(22,23)24/h3-8,10-11,15H,1-2,9,12H2,(H,25,28). The van der Waals surface area contributed by atoms with Crippen molar-refractivity contribution in [1.82, 2.24) is 24.9 Å². The van der Waals surface area contributed by atoms with Crippen molar-refractivity contribution in [3.05, 3.63) is 65.9 Å². The number of halogens is 4. The number of nitrogens with zero attached hydrogens (tertiary/aromatic N) is 5. The van der Waals surface area contributed by atoms with Crippen molar-refractivity contribution in [2.45, 2.75) is 25.1 Å². The molecule has 1 aliphatic rings. The molecule has 11 heteroatoms. The van der Waals surface area contributed by atoms with Gasteiger partial charge in [0.15, 0.2) is 0 Å². The molecule has 31 heavy (non-hydrogen) atoms. The number of amides is 1. The van der Waals surface area contributed by atoms with Crippen molar-refractivity contribution in [1.29, 1.82) is 0 Å². The number of carbonyl (C=O) groups is 1. The third kappa shape index (κ3) is 4.65. The highest BCUT2D eigenvalue weighted by Gasteiger charge is 2.31. The summed E-state index contributed by atoms with van der Waals surface area (Å²) in [5.41, 5.74) is -0.343. The second-order valence-corrected chi connectivity index (χ2v) is 7.14. The topological polar surface area (TPSA) is 75.9 Å². The Morgan fingerprint density at radius 3 is 2.58 bits per heavy atom. The minimum absolute atomic E-state index is 0.129. The average molecular weight is 434 g/mol. The van der Waals surface area contributed by atoms with E-state index in [0.717, 1.165) is 18.3 Å². The van der Waals surface area contributed by atoms with Crippen LogP contribution in [0.15, 0.2) is 48.9 Å². The predicted molar refractivity (Wildman–Crippen MR) is 103 cm³/mol. The van der Waals surface area contributed by atoms with E-state index in [4.69, 9.17) is 0 Å². The zero-order valence-electron chi connectivity index (χ0n) is 16.2. The molecule has 2 aromatic heterocycles. The fourth-order valence-electron chi connectivity index (χ4n) is 3.50. The van der Waals surface area contributed by atoms with Crippen LogP contribution in [0.25, 0.3) is 5.69 Å². The minimum atomic E-state index is -4.45. The molecule has 0 spiro atoms. The van der Waals surface area contributed by atoms with E-state index in [9.17, 15) is 22.4 Å². The van der Waals surface area contributed by atoms with Crippen molar-refractivity contribution in [3.8, 4) is 5.69 Å². The number of piperidine rings is 1. The first-order valence-corrected chi connectivity index (χ1v) is 9.56. The molecule has 4 rings (SSSR count). The molecule has 1 aliphatic heterocycles. The molecule has 7 nitrogen and oxygen atoms in total. The van der Waals surface area contributed by atoms with E-state index in [-0.39, 0.29) is 17.5 Å². The van der Waals surface area contributed by atoms with E-state index in [1.165, 1.54) is 35.4 Å². The van der Waals surface area contributed by atoms with E-state index in [2.05, 4.69) is 20.5 Å². The highest BCUT2D eigenvalue weighted by atomic mass is 19.4. The van der Waals surface area contributed by atoms with Crippen LogP contribution in [0.4, 0.5) is 23.4 Å². The molecular weight excluding hydrogens is 416 g/mol. The molecule has 0 bridgehead atoms. The Bertz CT molecular complexity index is 1050. The number of carbonyl (C=O) groups excluding carboxylic acids is 1. The highest BCUT2D eigenvalue weighted by molar-refractivity contribution is 5.97. The van der Waals surface area contributed by atoms with Crippen molar-refractivity contribution in [2.75, 3.05) is 18.4 Å². The molecule has 1 unspecified atom stereocenters. The number of aromatic nitrogens is 4. The lowest BCUT2D eigenvalue weighted by Gasteiger charge is -2.33. The summed E-state index contributed by atoms with van der Waals surface area (Å²) in [5, 5.41) is 11.1. The lowest BCUT2D eigenvalue weighted by atomic mass is 10.0. The molecule has 1 saturated heterocycles. The molecule has 1 atom stereocenters. The fourth-order valence-corrected chi connectivity index (χ4v) is 3.50. The average Bonchev–Trinajstić information content (AvgIpc) is 3.28. The highest BCUT2D eigenvalue weighted by Crippen LogP contribution is 2.29. The van der Waals surface area contributed by atoms with Crippen molar-refractivity contribution in [3.63, 3.8) is 0 Å². The molecule has 0 radical (unpaired) electrons. The molecule has 1 fully saturated rings. The first-order valence-electron chi connectivity index (χ1n) is 9.56. The van der Waals surface area contributed by atoms with Crippen molar-refractivity contribution >= 4 is 11.7 Å². The Morgan fingerprint density at radius 1 is 1.13 bits per heavy atom. The molecule has 0 aliphatic carbocycles. The van der Waals surface area contributed by atoms with Crippen molar-refractivity contribution in [2.24, 2.45) is 0 Å². The zero-order valence-corrected chi connectivity index (χ0v) is 16.2. The van der Waals surface area contributed by atoms with Crippen molar-refractivity contribution < 1.29 is 22.4 Å². The summed E-state index contributed by atoms with van der Waals surface area (Å²) in [6, 6.07) is 5.83. The smallest absolute Gasteiger partial charge is 0.366 e. The number of pyridine rings is 1. The number of anilines is 1. The van der Waals surface area contributed by atoms with Crippen LogP contribution >= 0.6 is 0 Å². The number of likely N-dealkylation sites (tertiary alicyclic amines) is 1. The summed E-state index contributed by atoms with van der Waals surface area (Å²) in [4.78, 5) is 19.8. The maximum atomic E-state index is 13.9. The van der Waals surface area contributed by atoms with Gasteiger partial charge in [0.25, 0.3) is 5.91 Å². The van der Waals surface area contributed by atoms with Gasteiger partial charge in [0, 0.05) is 25.3 Å². The Kier molecular flexibility index (Phi) is 5.57. The van der Waals surface area contributed by atoms with Gasteiger partial charge in [-0.05, 0) is 43.2 Å². The van der Waals surface area contributed by atoms with Gasteiger partial charge in [-0.3, -0.25) is 4.79 Å². The quantitative estimate of drug-likeness (QED) is 0.636. The van der Waals surface area contributed by atoms with Crippen LogP contribution in [0.3, 0.4) is 0 Å². The number of alkyl halides is 3. The minimum Gasteiger partial charge on any atom is -0.366 e. The van der Waals surface area contributed by atoms with Crippen LogP contribution in [0, 0.1) is 5.82 Å². The van der Waals surface area contributed by atoms with Gasteiger partial charge in [-0.15, -0.1) is 0 Å². The van der Waals surface area contributed by atoms with Crippen LogP contribution in [-0.2, 0) is 6.18 Å². The van der Waals surface area contributed by atoms with Gasteiger partial charge >= 0.3 is 6.18 Å². The number of rotatable bonds is 4. The van der Waals surface area contributed by atoms with Crippen LogP contribution < -0.4 is 5.32 Å².